The van der Waals surface area contributed by atoms with Crippen LogP contribution in [-0.2, 0) is 9.59 Å². The van der Waals surface area contributed by atoms with Crippen molar-refractivity contribution >= 4 is 73.6 Å². The molecule has 0 radical (unpaired) electrons. The minimum absolute atomic E-state index is 0.0884. The number of carbonyl (C=O) groups excluding carboxylic acids is 3. The summed E-state index contributed by atoms with van der Waals surface area (Å²) in [5.41, 5.74) is 4.76. The number of hydrogen-bond acceptors (Lipinski definition) is 6. The van der Waals surface area contributed by atoms with Gasteiger partial charge in [-0.25, -0.2) is 4.98 Å². The molecule has 3 N–H and O–H groups in total. The Kier molecular flexibility index (Phi) is 10.6. The van der Waals surface area contributed by atoms with Gasteiger partial charge in [-0.3, -0.25) is 14.4 Å². The van der Waals surface area contributed by atoms with Crippen molar-refractivity contribution in [2.24, 2.45) is 0 Å². The Bertz CT molecular complexity index is 1840. The third-order valence-electron chi connectivity index (χ3n) is 6.57. The summed E-state index contributed by atoms with van der Waals surface area (Å²) in [6.45, 7) is 3.85. The molecule has 0 aliphatic rings. The Hall–Kier alpha value is -4.51. The highest BCUT2D eigenvalue weighted by Gasteiger charge is 2.18. The topological polar surface area (TPSA) is 100 Å². The fraction of sp³-hybridized carbons (Fsp3) is 0.0857. The molecule has 0 saturated carbocycles. The van der Waals surface area contributed by atoms with E-state index in [1.165, 1.54) is 28.7 Å². The van der Waals surface area contributed by atoms with Crippen molar-refractivity contribution in [2.75, 3.05) is 10.6 Å². The fourth-order valence-electron chi connectivity index (χ4n) is 4.17. The number of aromatic nitrogens is 1. The molecule has 0 spiro atoms. The molecular weight excluding hydrogens is 668 g/mol. The number of aryl methyl sites for hydroxylation is 1. The van der Waals surface area contributed by atoms with E-state index in [1.54, 1.807) is 48.5 Å². The van der Waals surface area contributed by atoms with Gasteiger partial charge in [-0.2, -0.15) is 0 Å². The van der Waals surface area contributed by atoms with Crippen LogP contribution in [0.15, 0.2) is 124 Å². The molecule has 45 heavy (non-hydrogen) atoms. The maximum absolute atomic E-state index is 13.4. The molecule has 1 aromatic heterocycles. The van der Waals surface area contributed by atoms with Crippen LogP contribution < -0.4 is 16.0 Å². The second-order valence-electron chi connectivity index (χ2n) is 10.1. The molecule has 0 fully saturated rings. The van der Waals surface area contributed by atoms with Crippen LogP contribution in [0.5, 0.6) is 0 Å². The molecule has 0 saturated heterocycles. The normalized spacial score (nSPS) is 11.8. The number of rotatable bonds is 10. The van der Waals surface area contributed by atoms with Crippen molar-refractivity contribution in [1.82, 2.24) is 10.3 Å². The second-order valence-corrected chi connectivity index (χ2v) is 13.3. The average molecular weight is 698 g/mol. The van der Waals surface area contributed by atoms with Gasteiger partial charge < -0.3 is 16.0 Å². The van der Waals surface area contributed by atoms with Crippen molar-refractivity contribution in [3.05, 3.63) is 135 Å². The lowest BCUT2D eigenvalue weighted by Crippen LogP contribution is -2.30. The zero-order valence-electron chi connectivity index (χ0n) is 24.4. The SMILES string of the molecule is Cc1ccc(-c2csc(NC(=O)C(C)Sc3cccc(NC(=O)/C(=C/c4ccc(Br)cc4)NC(=O)c4ccccc4)c3)n2)cc1. The number of benzene rings is 4. The number of carbonyl (C=O) groups is 3. The zero-order valence-corrected chi connectivity index (χ0v) is 27.6. The van der Waals surface area contributed by atoms with E-state index >= 15 is 0 Å². The lowest BCUT2D eigenvalue weighted by Gasteiger charge is -2.13. The first kappa shape index (κ1) is 31.9. The van der Waals surface area contributed by atoms with Crippen molar-refractivity contribution in [3.8, 4) is 11.3 Å². The molecule has 226 valence electrons. The maximum atomic E-state index is 13.4. The van der Waals surface area contributed by atoms with Crippen molar-refractivity contribution in [1.29, 1.82) is 0 Å². The van der Waals surface area contributed by atoms with Crippen LogP contribution in [0.2, 0.25) is 0 Å². The third-order valence-corrected chi connectivity index (χ3v) is 8.95. The van der Waals surface area contributed by atoms with Gasteiger partial charge in [-0.1, -0.05) is 82.2 Å². The molecule has 4 aromatic carbocycles. The molecule has 1 heterocycles. The van der Waals surface area contributed by atoms with Crippen LogP contribution in [0.4, 0.5) is 10.8 Å². The largest absolute Gasteiger partial charge is 0.321 e. The molecule has 7 nitrogen and oxygen atoms in total. The lowest BCUT2D eigenvalue weighted by atomic mass is 10.1. The summed E-state index contributed by atoms with van der Waals surface area (Å²) in [7, 11) is 0. The van der Waals surface area contributed by atoms with Crippen LogP contribution >= 0.6 is 39.0 Å². The van der Waals surface area contributed by atoms with Crippen LogP contribution in [0, 0.1) is 6.92 Å². The van der Waals surface area contributed by atoms with Gasteiger partial charge in [-0.15, -0.1) is 23.1 Å². The van der Waals surface area contributed by atoms with Gasteiger partial charge in [-0.05, 0) is 68.0 Å². The Morgan fingerprint density at radius 2 is 1.62 bits per heavy atom. The second kappa shape index (κ2) is 15.0. The van der Waals surface area contributed by atoms with Crippen molar-refractivity contribution in [3.63, 3.8) is 0 Å². The number of nitrogens with zero attached hydrogens (tertiary/aromatic N) is 1. The standard InChI is InChI=1S/C35H29BrN4O3S2/c1-22-11-15-25(16-12-22)31-21-44-35(39-31)40-32(41)23(2)45-29-10-6-9-28(20-29)37-34(43)30(19-24-13-17-27(36)18-14-24)38-33(42)26-7-4-3-5-8-26/h3-21,23H,1-2H3,(H,37,43)(H,38,42)(H,39,40,41)/b30-19-. The van der Waals surface area contributed by atoms with Gasteiger partial charge >= 0.3 is 0 Å². The molecule has 5 aromatic rings. The van der Waals surface area contributed by atoms with E-state index < -0.39 is 17.1 Å². The molecular formula is C35H29BrN4O3S2. The Labute approximate surface area is 278 Å². The van der Waals surface area contributed by atoms with Gasteiger partial charge in [0.25, 0.3) is 11.8 Å². The summed E-state index contributed by atoms with van der Waals surface area (Å²) in [4.78, 5) is 44.7. The van der Waals surface area contributed by atoms with E-state index in [0.717, 1.165) is 26.2 Å². The molecule has 0 bridgehead atoms. The first-order valence-electron chi connectivity index (χ1n) is 14.0. The zero-order chi connectivity index (χ0) is 31.8. The number of halogens is 1. The number of thioether (sulfide) groups is 1. The molecule has 0 aliphatic heterocycles. The highest BCUT2D eigenvalue weighted by Crippen LogP contribution is 2.29. The number of nitrogens with one attached hydrogen (secondary N) is 3. The minimum atomic E-state index is -0.483. The first-order chi connectivity index (χ1) is 21.7. The van der Waals surface area contributed by atoms with Crippen molar-refractivity contribution < 1.29 is 14.4 Å². The molecule has 10 heteroatoms. The highest BCUT2D eigenvalue weighted by molar-refractivity contribution is 9.10. The van der Waals surface area contributed by atoms with Gasteiger partial charge in [0.1, 0.15) is 5.70 Å². The quantitative estimate of drug-likeness (QED) is 0.101. The van der Waals surface area contributed by atoms with E-state index in [2.05, 4.69) is 36.9 Å². The first-order valence-corrected chi connectivity index (χ1v) is 16.5. The summed E-state index contributed by atoms with van der Waals surface area (Å²) >= 11 is 6.16. The number of anilines is 2. The number of hydrogen-bond donors (Lipinski definition) is 3. The lowest BCUT2D eigenvalue weighted by molar-refractivity contribution is -0.115. The minimum Gasteiger partial charge on any atom is -0.321 e. The number of thiazole rings is 1. The van der Waals surface area contributed by atoms with Gasteiger partial charge in [0.2, 0.25) is 5.91 Å². The summed E-state index contributed by atoms with van der Waals surface area (Å²) in [5, 5.41) is 10.6. The van der Waals surface area contributed by atoms with E-state index in [9.17, 15) is 14.4 Å². The Morgan fingerprint density at radius 3 is 2.36 bits per heavy atom. The van der Waals surface area contributed by atoms with Gasteiger partial charge in [0, 0.05) is 31.6 Å². The Balaban J connectivity index is 1.25. The molecule has 3 amide bonds. The summed E-state index contributed by atoms with van der Waals surface area (Å²) in [6.07, 6.45) is 1.62. The van der Waals surface area contributed by atoms with E-state index in [-0.39, 0.29) is 11.6 Å². The van der Waals surface area contributed by atoms with E-state index in [1.807, 2.05) is 79.9 Å². The van der Waals surface area contributed by atoms with Gasteiger partial charge in [0.15, 0.2) is 5.13 Å². The monoisotopic (exact) mass is 696 g/mol. The van der Waals surface area contributed by atoms with Crippen LogP contribution in [0.1, 0.15) is 28.4 Å². The van der Waals surface area contributed by atoms with Crippen LogP contribution in [0.25, 0.3) is 17.3 Å². The van der Waals surface area contributed by atoms with Crippen LogP contribution in [0.3, 0.4) is 0 Å². The number of amides is 3. The average Bonchev–Trinajstić information content (AvgIpc) is 3.51. The summed E-state index contributed by atoms with van der Waals surface area (Å²) in [6, 6.07) is 31.4. The smallest absolute Gasteiger partial charge is 0.272 e. The predicted molar refractivity (Wildman–Crippen MR) is 187 cm³/mol. The molecule has 1 unspecified atom stereocenters. The predicted octanol–water partition coefficient (Wildman–Crippen LogP) is 8.41. The summed E-state index contributed by atoms with van der Waals surface area (Å²) in [5.74, 6) is -1.06. The third kappa shape index (κ3) is 9.01. The van der Waals surface area contributed by atoms with E-state index in [4.69, 9.17) is 0 Å². The maximum Gasteiger partial charge on any atom is 0.272 e. The van der Waals surface area contributed by atoms with Crippen molar-refractivity contribution in [2.45, 2.75) is 24.0 Å². The fourth-order valence-corrected chi connectivity index (χ4v) is 6.08. The highest BCUT2D eigenvalue weighted by atomic mass is 79.9. The van der Waals surface area contributed by atoms with Crippen LogP contribution in [-0.4, -0.2) is 28.0 Å². The Morgan fingerprint density at radius 1 is 0.889 bits per heavy atom. The molecule has 0 aliphatic carbocycles. The molecule has 5 rings (SSSR count). The van der Waals surface area contributed by atoms with E-state index in [0.29, 0.717) is 16.4 Å². The van der Waals surface area contributed by atoms with Gasteiger partial charge in [0.05, 0.1) is 10.9 Å². The molecule has 1 atom stereocenters. The summed E-state index contributed by atoms with van der Waals surface area (Å²) < 4.78 is 0.898.